The van der Waals surface area contributed by atoms with E-state index >= 15 is 0 Å². The minimum absolute atomic E-state index is 0.0851. The highest BCUT2D eigenvalue weighted by Crippen LogP contribution is 2.31. The summed E-state index contributed by atoms with van der Waals surface area (Å²) in [5.41, 5.74) is 0.423. The predicted octanol–water partition coefficient (Wildman–Crippen LogP) is 3.31. The molecular formula is C20H26ClN3O3. The van der Waals surface area contributed by atoms with E-state index in [9.17, 15) is 9.59 Å². The Balaban J connectivity index is 1.98. The van der Waals surface area contributed by atoms with Crippen molar-refractivity contribution in [3.8, 4) is 0 Å². The van der Waals surface area contributed by atoms with Gasteiger partial charge >= 0.3 is 0 Å². The van der Waals surface area contributed by atoms with Gasteiger partial charge in [0.1, 0.15) is 5.82 Å². The van der Waals surface area contributed by atoms with E-state index in [2.05, 4.69) is 4.98 Å². The molecule has 1 aliphatic carbocycles. The summed E-state index contributed by atoms with van der Waals surface area (Å²) in [6.07, 6.45) is 3.71. The van der Waals surface area contributed by atoms with Crippen molar-refractivity contribution < 1.29 is 9.53 Å². The first-order valence-corrected chi connectivity index (χ1v) is 9.77. The van der Waals surface area contributed by atoms with Gasteiger partial charge in [-0.3, -0.25) is 14.2 Å². The topological polar surface area (TPSA) is 64.4 Å². The van der Waals surface area contributed by atoms with Gasteiger partial charge < -0.3 is 9.64 Å². The van der Waals surface area contributed by atoms with Gasteiger partial charge in [0.15, 0.2) is 0 Å². The summed E-state index contributed by atoms with van der Waals surface area (Å²) in [5.74, 6) is 0.798. The Hall–Kier alpha value is -1.92. The largest absolute Gasteiger partial charge is 0.385 e. The fourth-order valence-corrected chi connectivity index (χ4v) is 3.70. The number of nitrogens with zero attached hydrogens (tertiary/aromatic N) is 3. The molecule has 1 fully saturated rings. The molecule has 1 unspecified atom stereocenters. The molecule has 1 aliphatic rings. The molecule has 1 aromatic heterocycles. The number of methoxy groups -OCH3 is 1. The summed E-state index contributed by atoms with van der Waals surface area (Å²) >= 11 is 6.08. The van der Waals surface area contributed by atoms with Crippen LogP contribution in [0.4, 0.5) is 0 Å². The molecule has 0 bridgehead atoms. The zero-order valence-electron chi connectivity index (χ0n) is 16.1. The maximum atomic E-state index is 13.0. The summed E-state index contributed by atoms with van der Waals surface area (Å²) in [7, 11) is 3.36. The fraction of sp³-hybridized carbons (Fsp3) is 0.550. The number of ether oxygens (including phenoxy) is 1. The van der Waals surface area contributed by atoms with E-state index in [1.807, 2.05) is 11.8 Å². The van der Waals surface area contributed by atoms with Crippen molar-refractivity contribution in [3.05, 3.63) is 39.4 Å². The molecular weight excluding hydrogens is 366 g/mol. The summed E-state index contributed by atoms with van der Waals surface area (Å²) in [6, 6.07) is 4.76. The Morgan fingerprint density at radius 2 is 2.19 bits per heavy atom. The van der Waals surface area contributed by atoms with Crippen molar-refractivity contribution in [3.63, 3.8) is 0 Å². The van der Waals surface area contributed by atoms with Crippen LogP contribution in [0.15, 0.2) is 23.0 Å². The lowest BCUT2D eigenvalue weighted by Crippen LogP contribution is -2.43. The van der Waals surface area contributed by atoms with Crippen molar-refractivity contribution in [1.29, 1.82) is 0 Å². The van der Waals surface area contributed by atoms with Gasteiger partial charge in [-0.25, -0.2) is 4.98 Å². The van der Waals surface area contributed by atoms with Crippen molar-refractivity contribution in [2.45, 2.75) is 38.6 Å². The number of rotatable bonds is 7. The number of hydrogen-bond acceptors (Lipinski definition) is 4. The molecule has 0 N–H and O–H groups in total. The van der Waals surface area contributed by atoms with E-state index in [4.69, 9.17) is 16.3 Å². The lowest BCUT2D eigenvalue weighted by Gasteiger charge is -2.35. The third kappa shape index (κ3) is 4.01. The zero-order valence-corrected chi connectivity index (χ0v) is 16.8. The van der Waals surface area contributed by atoms with E-state index in [0.29, 0.717) is 34.9 Å². The van der Waals surface area contributed by atoms with Gasteiger partial charge in [-0.05, 0) is 44.4 Å². The molecule has 6 nitrogen and oxygen atoms in total. The second-order valence-corrected chi connectivity index (χ2v) is 7.61. The molecule has 1 heterocycles. The molecule has 0 saturated heterocycles. The Kier molecular flexibility index (Phi) is 6.17. The number of benzene rings is 1. The quantitative estimate of drug-likeness (QED) is 0.679. The molecule has 3 rings (SSSR count). The van der Waals surface area contributed by atoms with E-state index in [1.165, 1.54) is 4.57 Å². The number of carbonyl (C=O) groups is 1. The number of carbonyl (C=O) groups excluding carboxylic acids is 1. The molecule has 7 heteroatoms. The van der Waals surface area contributed by atoms with Crippen molar-refractivity contribution in [2.75, 3.05) is 20.3 Å². The zero-order chi connectivity index (χ0) is 19.6. The molecule has 1 amide bonds. The molecule has 146 valence electrons. The number of hydrogen-bond donors (Lipinski definition) is 0. The minimum atomic E-state index is -0.309. The Morgan fingerprint density at radius 1 is 1.44 bits per heavy atom. The normalized spacial score (nSPS) is 15.6. The molecule has 27 heavy (non-hydrogen) atoms. The van der Waals surface area contributed by atoms with Crippen LogP contribution in [0.1, 0.15) is 44.5 Å². The number of halogens is 1. The monoisotopic (exact) mass is 391 g/mol. The van der Waals surface area contributed by atoms with Crippen molar-refractivity contribution >= 4 is 28.4 Å². The summed E-state index contributed by atoms with van der Waals surface area (Å²) in [4.78, 5) is 32.3. The Labute approximate surface area is 164 Å². The number of amides is 1. The van der Waals surface area contributed by atoms with Crippen LogP contribution in [-0.2, 0) is 16.6 Å². The summed E-state index contributed by atoms with van der Waals surface area (Å²) in [5, 5.41) is 1.05. The van der Waals surface area contributed by atoms with Gasteiger partial charge in [-0.1, -0.05) is 18.0 Å². The Bertz CT molecular complexity index is 892. The Morgan fingerprint density at radius 3 is 2.81 bits per heavy atom. The average molecular weight is 392 g/mol. The van der Waals surface area contributed by atoms with Gasteiger partial charge in [0, 0.05) is 38.2 Å². The van der Waals surface area contributed by atoms with E-state index in [0.717, 1.165) is 25.7 Å². The highest BCUT2D eigenvalue weighted by molar-refractivity contribution is 6.31. The van der Waals surface area contributed by atoms with E-state index < -0.39 is 0 Å². The SMILES string of the molecule is COCCCN(C(=O)C1CCC1)C(C)c1nc2cc(Cl)ccc2c(=O)n1C. The van der Waals surface area contributed by atoms with Crippen LogP contribution < -0.4 is 5.56 Å². The van der Waals surface area contributed by atoms with Gasteiger partial charge in [0.25, 0.3) is 5.56 Å². The second-order valence-electron chi connectivity index (χ2n) is 7.18. The lowest BCUT2D eigenvalue weighted by molar-refractivity contribution is -0.140. The highest BCUT2D eigenvalue weighted by atomic mass is 35.5. The van der Waals surface area contributed by atoms with Gasteiger partial charge in [-0.2, -0.15) is 0 Å². The first-order valence-electron chi connectivity index (χ1n) is 9.39. The highest BCUT2D eigenvalue weighted by Gasteiger charge is 2.33. The van der Waals surface area contributed by atoms with E-state index in [1.54, 1.807) is 32.4 Å². The molecule has 0 aliphatic heterocycles. The third-order valence-electron chi connectivity index (χ3n) is 5.40. The molecule has 1 aromatic carbocycles. The average Bonchev–Trinajstić information content (AvgIpc) is 2.59. The van der Waals surface area contributed by atoms with Crippen LogP contribution in [0.2, 0.25) is 5.02 Å². The molecule has 2 aromatic rings. The van der Waals surface area contributed by atoms with Crippen LogP contribution in [0.3, 0.4) is 0 Å². The number of fused-ring (bicyclic) bond motifs is 1. The van der Waals surface area contributed by atoms with Crippen LogP contribution in [0.25, 0.3) is 10.9 Å². The third-order valence-corrected chi connectivity index (χ3v) is 5.63. The van der Waals surface area contributed by atoms with Gasteiger partial charge in [0.2, 0.25) is 5.91 Å². The van der Waals surface area contributed by atoms with Gasteiger partial charge in [0.05, 0.1) is 16.9 Å². The molecule has 0 radical (unpaired) electrons. The summed E-state index contributed by atoms with van der Waals surface area (Å²) in [6.45, 7) is 3.09. The van der Waals surface area contributed by atoms with Crippen LogP contribution in [0.5, 0.6) is 0 Å². The maximum Gasteiger partial charge on any atom is 0.261 e. The first kappa shape index (κ1) is 19.8. The number of aromatic nitrogens is 2. The van der Waals surface area contributed by atoms with Crippen molar-refractivity contribution in [1.82, 2.24) is 14.5 Å². The van der Waals surface area contributed by atoms with Crippen molar-refractivity contribution in [2.24, 2.45) is 13.0 Å². The summed E-state index contributed by atoms with van der Waals surface area (Å²) < 4.78 is 6.69. The molecule has 1 saturated carbocycles. The first-order chi connectivity index (χ1) is 12.9. The van der Waals surface area contributed by atoms with E-state index in [-0.39, 0.29) is 23.4 Å². The van der Waals surface area contributed by atoms with Crippen LogP contribution in [0, 0.1) is 5.92 Å². The smallest absolute Gasteiger partial charge is 0.261 e. The molecule has 1 atom stereocenters. The lowest BCUT2D eigenvalue weighted by atomic mass is 9.84. The van der Waals surface area contributed by atoms with Crippen LogP contribution >= 0.6 is 11.6 Å². The maximum absolute atomic E-state index is 13.0. The molecule has 0 spiro atoms. The van der Waals surface area contributed by atoms with Gasteiger partial charge in [-0.15, -0.1) is 0 Å². The van der Waals surface area contributed by atoms with Crippen LogP contribution in [-0.4, -0.2) is 40.6 Å². The fourth-order valence-electron chi connectivity index (χ4n) is 3.54. The standard InChI is InChI=1S/C20H26ClN3O3/c1-13(24(10-5-11-27-3)19(25)14-6-4-7-14)18-22-17-12-15(21)8-9-16(17)20(26)23(18)2/h8-9,12-14H,4-7,10-11H2,1-3H3. The second kappa shape index (κ2) is 8.40. The minimum Gasteiger partial charge on any atom is -0.385 e. The predicted molar refractivity (Wildman–Crippen MR) is 106 cm³/mol.